The second-order valence-corrected chi connectivity index (χ2v) is 6.96. The van der Waals surface area contributed by atoms with Crippen LogP contribution >= 0.6 is 23.2 Å². The molecule has 0 aromatic heterocycles. The van der Waals surface area contributed by atoms with Gasteiger partial charge in [0.05, 0.1) is 17.2 Å². The van der Waals surface area contributed by atoms with Gasteiger partial charge in [-0.15, -0.1) is 0 Å². The van der Waals surface area contributed by atoms with Crippen molar-refractivity contribution in [3.63, 3.8) is 0 Å². The molecule has 0 radical (unpaired) electrons. The average Bonchev–Trinajstić information content (AvgIpc) is 2.68. The van der Waals surface area contributed by atoms with Crippen LogP contribution in [0.1, 0.15) is 16.7 Å². The van der Waals surface area contributed by atoms with Gasteiger partial charge in [0.25, 0.3) is 0 Å². The molecule has 27 heavy (non-hydrogen) atoms. The molecule has 0 aliphatic carbocycles. The maximum absolute atomic E-state index is 6.15. The van der Waals surface area contributed by atoms with Gasteiger partial charge in [0.1, 0.15) is 6.61 Å². The summed E-state index contributed by atoms with van der Waals surface area (Å²) >= 11 is 12.1. The van der Waals surface area contributed by atoms with Gasteiger partial charge in [-0.2, -0.15) is 0 Å². The van der Waals surface area contributed by atoms with Gasteiger partial charge < -0.3 is 14.8 Å². The molecule has 0 spiro atoms. The lowest BCUT2D eigenvalue weighted by atomic mass is 10.1. The Morgan fingerprint density at radius 2 is 1.67 bits per heavy atom. The number of ether oxygens (including phenoxy) is 2. The third-order valence-corrected chi connectivity index (χ3v) is 5.06. The molecule has 3 aromatic rings. The van der Waals surface area contributed by atoms with Crippen LogP contribution in [-0.2, 0) is 13.2 Å². The van der Waals surface area contributed by atoms with Crippen LogP contribution < -0.4 is 14.8 Å². The smallest absolute Gasteiger partial charge is 0.166 e. The Bertz CT molecular complexity index is 928. The zero-order chi connectivity index (χ0) is 19.2. The summed E-state index contributed by atoms with van der Waals surface area (Å²) in [4.78, 5) is 0. The summed E-state index contributed by atoms with van der Waals surface area (Å²) in [7, 11) is 1.64. The van der Waals surface area contributed by atoms with E-state index in [0.717, 1.165) is 22.6 Å². The van der Waals surface area contributed by atoms with E-state index >= 15 is 0 Å². The maximum atomic E-state index is 6.15. The molecule has 0 aliphatic heterocycles. The normalized spacial score (nSPS) is 10.5. The Balaban J connectivity index is 1.78. The zero-order valence-electron chi connectivity index (χ0n) is 15.3. The van der Waals surface area contributed by atoms with Crippen LogP contribution in [-0.4, -0.2) is 7.11 Å². The molecule has 3 nitrogen and oxygen atoms in total. The van der Waals surface area contributed by atoms with Crippen LogP contribution in [0.4, 0.5) is 5.69 Å². The summed E-state index contributed by atoms with van der Waals surface area (Å²) in [5, 5.41) is 4.40. The van der Waals surface area contributed by atoms with Crippen LogP contribution in [0.25, 0.3) is 0 Å². The van der Waals surface area contributed by atoms with Crippen molar-refractivity contribution in [3.05, 3.63) is 87.4 Å². The van der Waals surface area contributed by atoms with Crippen molar-refractivity contribution in [2.24, 2.45) is 0 Å². The molecule has 0 heterocycles. The van der Waals surface area contributed by atoms with Gasteiger partial charge in [0.2, 0.25) is 0 Å². The fraction of sp³-hybridized carbons (Fsp3) is 0.182. The van der Waals surface area contributed by atoms with Gasteiger partial charge in [-0.25, -0.2) is 0 Å². The highest BCUT2D eigenvalue weighted by atomic mass is 35.5. The summed E-state index contributed by atoms with van der Waals surface area (Å²) < 4.78 is 11.6. The molecule has 5 heteroatoms. The lowest BCUT2D eigenvalue weighted by Gasteiger charge is -2.17. The summed E-state index contributed by atoms with van der Waals surface area (Å²) in [6.45, 7) is 3.12. The minimum atomic E-state index is 0.479. The minimum absolute atomic E-state index is 0.479. The van der Waals surface area contributed by atoms with Crippen molar-refractivity contribution < 1.29 is 9.47 Å². The van der Waals surface area contributed by atoms with Crippen LogP contribution in [0.2, 0.25) is 10.0 Å². The lowest BCUT2D eigenvalue weighted by Crippen LogP contribution is -2.06. The molecular weight excluding hydrogens is 381 g/mol. The number of benzene rings is 3. The van der Waals surface area contributed by atoms with Crippen LogP contribution in [0.5, 0.6) is 11.5 Å². The minimum Gasteiger partial charge on any atom is -0.493 e. The molecule has 0 fully saturated rings. The van der Waals surface area contributed by atoms with Crippen LogP contribution in [0, 0.1) is 6.92 Å². The Labute approximate surface area is 169 Å². The van der Waals surface area contributed by atoms with E-state index in [0.29, 0.717) is 28.9 Å². The summed E-state index contributed by atoms with van der Waals surface area (Å²) in [5.41, 5.74) is 4.22. The third-order valence-electron chi connectivity index (χ3n) is 4.32. The molecule has 0 amide bonds. The number of anilines is 1. The first kappa shape index (κ1) is 19.4. The standard InChI is InChI=1S/C22H21Cl2NO2/c1-15-6-3-4-7-17(15)14-27-22-16(8-5-9-21(22)26-2)13-25-18-10-11-19(23)20(24)12-18/h3-12,25H,13-14H2,1-2H3. The Hall–Kier alpha value is -2.36. The molecule has 0 saturated heterocycles. The molecule has 0 aliphatic rings. The second kappa shape index (κ2) is 9.03. The Morgan fingerprint density at radius 1 is 0.889 bits per heavy atom. The predicted molar refractivity (Wildman–Crippen MR) is 112 cm³/mol. The summed E-state index contributed by atoms with van der Waals surface area (Å²) in [6.07, 6.45) is 0. The molecule has 0 unspecified atom stereocenters. The summed E-state index contributed by atoms with van der Waals surface area (Å²) in [6, 6.07) is 19.5. The molecule has 140 valence electrons. The molecule has 3 aromatic carbocycles. The quantitative estimate of drug-likeness (QED) is 0.489. The maximum Gasteiger partial charge on any atom is 0.166 e. The number of para-hydroxylation sites is 1. The van der Waals surface area contributed by atoms with E-state index < -0.39 is 0 Å². The van der Waals surface area contributed by atoms with Gasteiger partial charge in [-0.1, -0.05) is 59.6 Å². The molecule has 0 saturated carbocycles. The van der Waals surface area contributed by atoms with E-state index in [1.807, 2.05) is 36.4 Å². The predicted octanol–water partition coefficient (Wildman–Crippen LogP) is 6.50. The number of rotatable bonds is 7. The fourth-order valence-corrected chi connectivity index (χ4v) is 3.05. The number of aryl methyl sites for hydroxylation is 1. The first-order valence-corrected chi connectivity index (χ1v) is 9.36. The highest BCUT2D eigenvalue weighted by Gasteiger charge is 2.12. The van der Waals surface area contributed by atoms with Crippen LogP contribution in [0.15, 0.2) is 60.7 Å². The zero-order valence-corrected chi connectivity index (χ0v) is 16.8. The number of nitrogens with one attached hydrogen (secondary N) is 1. The first-order valence-electron chi connectivity index (χ1n) is 8.60. The second-order valence-electron chi connectivity index (χ2n) is 6.15. The van der Waals surface area contributed by atoms with Gasteiger partial charge in [-0.3, -0.25) is 0 Å². The highest BCUT2D eigenvalue weighted by molar-refractivity contribution is 6.42. The number of hydrogen-bond acceptors (Lipinski definition) is 3. The van der Waals surface area contributed by atoms with Crippen LogP contribution in [0.3, 0.4) is 0 Å². The highest BCUT2D eigenvalue weighted by Crippen LogP contribution is 2.33. The first-order chi connectivity index (χ1) is 13.1. The van der Waals surface area contributed by atoms with Gasteiger partial charge in [-0.05, 0) is 42.3 Å². The average molecular weight is 402 g/mol. The molecule has 3 rings (SSSR count). The van der Waals surface area contributed by atoms with E-state index in [9.17, 15) is 0 Å². The van der Waals surface area contributed by atoms with Gasteiger partial charge >= 0.3 is 0 Å². The Kier molecular flexibility index (Phi) is 6.49. The Morgan fingerprint density at radius 3 is 2.41 bits per heavy atom. The number of methoxy groups -OCH3 is 1. The van der Waals surface area contributed by atoms with Gasteiger partial charge in [0.15, 0.2) is 11.5 Å². The molecule has 1 N–H and O–H groups in total. The van der Waals surface area contributed by atoms with E-state index in [4.69, 9.17) is 32.7 Å². The summed E-state index contributed by atoms with van der Waals surface area (Å²) in [5.74, 6) is 1.44. The largest absolute Gasteiger partial charge is 0.493 e. The van der Waals surface area contributed by atoms with Crippen molar-refractivity contribution in [3.8, 4) is 11.5 Å². The van der Waals surface area contributed by atoms with E-state index in [1.54, 1.807) is 19.2 Å². The fourth-order valence-electron chi connectivity index (χ4n) is 2.75. The van der Waals surface area contributed by atoms with E-state index in [-0.39, 0.29) is 0 Å². The molecule has 0 atom stereocenters. The van der Waals surface area contributed by atoms with E-state index in [2.05, 4.69) is 24.4 Å². The van der Waals surface area contributed by atoms with Crippen molar-refractivity contribution in [2.45, 2.75) is 20.1 Å². The van der Waals surface area contributed by atoms with Crippen molar-refractivity contribution in [2.75, 3.05) is 12.4 Å². The molecule has 0 bridgehead atoms. The molecular formula is C22H21Cl2NO2. The van der Waals surface area contributed by atoms with E-state index in [1.165, 1.54) is 5.56 Å². The SMILES string of the molecule is COc1cccc(CNc2ccc(Cl)c(Cl)c2)c1OCc1ccccc1C. The third kappa shape index (κ3) is 4.88. The van der Waals surface area contributed by atoms with Crippen molar-refractivity contribution >= 4 is 28.9 Å². The van der Waals surface area contributed by atoms with Crippen molar-refractivity contribution in [1.29, 1.82) is 0 Å². The number of halogens is 2. The van der Waals surface area contributed by atoms with Gasteiger partial charge in [0, 0.05) is 17.8 Å². The monoisotopic (exact) mass is 401 g/mol. The number of hydrogen-bond donors (Lipinski definition) is 1. The van der Waals surface area contributed by atoms with Crippen molar-refractivity contribution in [1.82, 2.24) is 0 Å². The lowest BCUT2D eigenvalue weighted by molar-refractivity contribution is 0.281. The topological polar surface area (TPSA) is 30.5 Å².